The molecule has 0 aromatic carbocycles. The Morgan fingerprint density at radius 3 is 1.52 bits per heavy atom. The van der Waals surface area contributed by atoms with Gasteiger partial charge in [-0.3, -0.25) is 14.5 Å². The van der Waals surface area contributed by atoms with Gasteiger partial charge in [-0.1, -0.05) is 96.5 Å². The molecule has 1 aliphatic heterocycles. The number of rotatable bonds is 16. The third kappa shape index (κ3) is 11.0. The monoisotopic (exact) mass is 347 g/mol. The summed E-state index contributed by atoms with van der Waals surface area (Å²) in [6, 6.07) is 0. The van der Waals surface area contributed by atoms with Gasteiger partial charge in [-0.2, -0.15) is 0 Å². The third-order valence-electron chi connectivity index (χ3n) is 4.82. The lowest BCUT2D eigenvalue weighted by Gasteiger charge is -2.06. The topological polar surface area (TPSA) is 37.4 Å². The van der Waals surface area contributed by atoms with Crippen LogP contribution in [-0.4, -0.2) is 16.7 Å². The van der Waals surface area contributed by atoms with Gasteiger partial charge in [0.2, 0.25) is 0 Å². The Bertz CT molecular complexity index is 408. The van der Waals surface area contributed by atoms with Gasteiger partial charge in [-0.15, -0.1) is 0 Å². The minimum atomic E-state index is -0.234. The molecule has 0 radical (unpaired) electrons. The van der Waals surface area contributed by atoms with E-state index in [9.17, 15) is 9.59 Å². The number of allylic oxidation sites excluding steroid dienone is 1. The molecule has 25 heavy (non-hydrogen) atoms. The molecular weight excluding hydrogens is 310 g/mol. The van der Waals surface area contributed by atoms with E-state index in [-0.39, 0.29) is 11.8 Å². The van der Waals surface area contributed by atoms with E-state index in [0.717, 1.165) is 12.8 Å². The molecule has 1 rings (SSSR count). The third-order valence-corrected chi connectivity index (χ3v) is 4.82. The lowest BCUT2D eigenvalue weighted by Crippen LogP contribution is -2.23. The molecule has 0 bridgehead atoms. The first-order valence-corrected chi connectivity index (χ1v) is 10.5. The Hall–Kier alpha value is -1.38. The molecule has 2 amide bonds. The fourth-order valence-corrected chi connectivity index (χ4v) is 3.20. The summed E-state index contributed by atoms with van der Waals surface area (Å²) in [5.74, 6) is -0.468. The van der Waals surface area contributed by atoms with Gasteiger partial charge < -0.3 is 0 Å². The summed E-state index contributed by atoms with van der Waals surface area (Å²) in [7, 11) is 0. The van der Waals surface area contributed by atoms with E-state index in [0.29, 0.717) is 0 Å². The zero-order valence-electron chi connectivity index (χ0n) is 16.2. The summed E-state index contributed by atoms with van der Waals surface area (Å²) in [5.41, 5.74) is 0. The maximum absolute atomic E-state index is 11.3. The van der Waals surface area contributed by atoms with Crippen LogP contribution >= 0.6 is 0 Å². The predicted molar refractivity (Wildman–Crippen MR) is 105 cm³/mol. The summed E-state index contributed by atoms with van der Waals surface area (Å²) in [5, 5.41) is 0. The van der Waals surface area contributed by atoms with Crippen molar-refractivity contribution in [1.29, 1.82) is 0 Å². The van der Waals surface area contributed by atoms with Gasteiger partial charge in [-0.25, -0.2) is 0 Å². The first kappa shape index (κ1) is 21.7. The van der Waals surface area contributed by atoms with Gasteiger partial charge in [0.25, 0.3) is 11.8 Å². The van der Waals surface area contributed by atoms with E-state index < -0.39 is 0 Å². The lowest BCUT2D eigenvalue weighted by atomic mass is 10.0. The van der Waals surface area contributed by atoms with Crippen LogP contribution in [-0.2, 0) is 9.59 Å². The molecule has 142 valence electrons. The number of unbranched alkanes of at least 4 members (excludes halogenated alkanes) is 14. The number of imide groups is 1. The van der Waals surface area contributed by atoms with Crippen LogP contribution in [0.3, 0.4) is 0 Å². The summed E-state index contributed by atoms with van der Waals surface area (Å²) in [4.78, 5) is 23.9. The Morgan fingerprint density at radius 2 is 1.08 bits per heavy atom. The second-order valence-corrected chi connectivity index (χ2v) is 7.15. The first-order valence-electron chi connectivity index (χ1n) is 10.5. The Morgan fingerprint density at radius 1 is 0.680 bits per heavy atom. The normalized spacial score (nSPS) is 14.4. The number of hydrogen-bond donors (Lipinski definition) is 0. The summed E-state index contributed by atoms with van der Waals surface area (Å²) in [6.45, 7) is 2.27. The SMILES string of the molecule is CCCCCCCCCCCCCCCC/C=C/N1C(=O)C=CC1=O. The van der Waals surface area contributed by atoms with Crippen molar-refractivity contribution < 1.29 is 9.59 Å². The molecule has 3 heteroatoms. The molecular formula is C22H37NO2. The van der Waals surface area contributed by atoms with Crippen LogP contribution in [0.25, 0.3) is 0 Å². The molecule has 0 aromatic rings. The van der Waals surface area contributed by atoms with Crippen LogP contribution < -0.4 is 0 Å². The smallest absolute Gasteiger partial charge is 0.257 e. The molecule has 0 aromatic heterocycles. The molecule has 0 fully saturated rings. The molecule has 0 atom stereocenters. The molecule has 0 saturated heterocycles. The quantitative estimate of drug-likeness (QED) is 0.243. The molecule has 3 nitrogen and oxygen atoms in total. The maximum atomic E-state index is 11.3. The number of carbonyl (C=O) groups is 2. The maximum Gasteiger partial charge on any atom is 0.257 e. The van der Waals surface area contributed by atoms with Crippen LogP contribution in [0.15, 0.2) is 24.4 Å². The van der Waals surface area contributed by atoms with Crippen molar-refractivity contribution >= 4 is 11.8 Å². The second-order valence-electron chi connectivity index (χ2n) is 7.15. The highest BCUT2D eigenvalue weighted by atomic mass is 16.2. The van der Waals surface area contributed by atoms with E-state index in [1.54, 1.807) is 6.20 Å². The van der Waals surface area contributed by atoms with Gasteiger partial charge >= 0.3 is 0 Å². The highest BCUT2D eigenvalue weighted by Gasteiger charge is 2.19. The van der Waals surface area contributed by atoms with Crippen molar-refractivity contribution in [2.45, 2.75) is 103 Å². The van der Waals surface area contributed by atoms with E-state index in [1.807, 2.05) is 6.08 Å². The Labute approximate surface area is 154 Å². The number of hydrogen-bond acceptors (Lipinski definition) is 2. The van der Waals surface area contributed by atoms with Crippen molar-refractivity contribution in [3.05, 3.63) is 24.4 Å². The second kappa shape index (κ2) is 14.9. The summed E-state index contributed by atoms with van der Waals surface area (Å²) in [6.07, 6.45) is 26.2. The van der Waals surface area contributed by atoms with Crippen LogP contribution in [0.2, 0.25) is 0 Å². The Balaban J connectivity index is 1.79. The van der Waals surface area contributed by atoms with E-state index in [1.165, 1.54) is 101 Å². The average molecular weight is 348 g/mol. The van der Waals surface area contributed by atoms with Crippen molar-refractivity contribution in [3.8, 4) is 0 Å². The zero-order chi connectivity index (χ0) is 18.2. The van der Waals surface area contributed by atoms with E-state index in [4.69, 9.17) is 0 Å². The summed E-state index contributed by atoms with van der Waals surface area (Å²) < 4.78 is 0. The van der Waals surface area contributed by atoms with Crippen LogP contribution in [0.4, 0.5) is 0 Å². The average Bonchev–Trinajstić information content (AvgIpc) is 2.93. The van der Waals surface area contributed by atoms with Crippen molar-refractivity contribution in [1.82, 2.24) is 4.90 Å². The zero-order valence-corrected chi connectivity index (χ0v) is 16.2. The van der Waals surface area contributed by atoms with Gasteiger partial charge in [-0.05, 0) is 12.8 Å². The summed E-state index contributed by atoms with van der Waals surface area (Å²) >= 11 is 0. The first-order chi connectivity index (χ1) is 12.3. The minimum absolute atomic E-state index is 0.234. The fourth-order valence-electron chi connectivity index (χ4n) is 3.20. The molecule has 1 heterocycles. The molecule has 0 N–H and O–H groups in total. The molecule has 0 unspecified atom stereocenters. The lowest BCUT2D eigenvalue weighted by molar-refractivity contribution is -0.133. The molecule has 0 saturated carbocycles. The molecule has 1 aliphatic rings. The van der Waals surface area contributed by atoms with Gasteiger partial charge in [0, 0.05) is 18.4 Å². The van der Waals surface area contributed by atoms with Crippen molar-refractivity contribution in [2.24, 2.45) is 0 Å². The number of amides is 2. The Kier molecular flexibility index (Phi) is 12.9. The predicted octanol–water partition coefficient (Wildman–Crippen LogP) is 6.30. The van der Waals surface area contributed by atoms with Crippen molar-refractivity contribution in [3.63, 3.8) is 0 Å². The number of carbonyl (C=O) groups excluding carboxylic acids is 2. The molecule has 0 aliphatic carbocycles. The van der Waals surface area contributed by atoms with Crippen LogP contribution in [0, 0.1) is 0 Å². The van der Waals surface area contributed by atoms with Crippen LogP contribution in [0.5, 0.6) is 0 Å². The largest absolute Gasteiger partial charge is 0.269 e. The minimum Gasteiger partial charge on any atom is -0.269 e. The molecule has 0 spiro atoms. The highest BCUT2D eigenvalue weighted by molar-refractivity contribution is 6.13. The van der Waals surface area contributed by atoms with Gasteiger partial charge in [0.15, 0.2) is 0 Å². The van der Waals surface area contributed by atoms with E-state index in [2.05, 4.69) is 6.92 Å². The van der Waals surface area contributed by atoms with Crippen LogP contribution in [0.1, 0.15) is 103 Å². The number of nitrogens with zero attached hydrogens (tertiary/aromatic N) is 1. The van der Waals surface area contributed by atoms with E-state index >= 15 is 0 Å². The van der Waals surface area contributed by atoms with Gasteiger partial charge in [0.05, 0.1) is 0 Å². The van der Waals surface area contributed by atoms with Crippen molar-refractivity contribution in [2.75, 3.05) is 0 Å². The standard InChI is InChI=1S/C22H37NO2/c1-2-3-4-5-6-7-8-9-10-11-12-13-14-15-16-17-20-23-21(24)18-19-22(23)25/h17-20H,2-16H2,1H3/b20-17+. The fraction of sp³-hybridized carbons (Fsp3) is 0.727. The highest BCUT2D eigenvalue weighted by Crippen LogP contribution is 2.13. The van der Waals surface area contributed by atoms with Gasteiger partial charge in [0.1, 0.15) is 0 Å².